The summed E-state index contributed by atoms with van der Waals surface area (Å²) in [5.74, 6) is 0.733. The molecule has 1 unspecified atom stereocenters. The van der Waals surface area contributed by atoms with E-state index in [0.717, 1.165) is 12.5 Å². The van der Waals surface area contributed by atoms with E-state index in [2.05, 4.69) is 27.2 Å². The molecule has 4 heteroatoms. The SMILES string of the molecule is CN1CCCCC1CNc1ncccn1. The maximum Gasteiger partial charge on any atom is 0.222 e. The van der Waals surface area contributed by atoms with Gasteiger partial charge >= 0.3 is 0 Å². The van der Waals surface area contributed by atoms with Crippen molar-refractivity contribution in [3.05, 3.63) is 18.5 Å². The molecule has 0 saturated carbocycles. The van der Waals surface area contributed by atoms with E-state index >= 15 is 0 Å². The Kier molecular flexibility index (Phi) is 3.50. The Balaban J connectivity index is 1.82. The van der Waals surface area contributed by atoms with Crippen LogP contribution in [-0.2, 0) is 0 Å². The minimum Gasteiger partial charge on any atom is -0.353 e. The van der Waals surface area contributed by atoms with Gasteiger partial charge in [-0.15, -0.1) is 0 Å². The van der Waals surface area contributed by atoms with Crippen molar-refractivity contribution in [2.75, 3.05) is 25.5 Å². The lowest BCUT2D eigenvalue weighted by Crippen LogP contribution is -2.40. The van der Waals surface area contributed by atoms with E-state index in [-0.39, 0.29) is 0 Å². The van der Waals surface area contributed by atoms with Gasteiger partial charge in [0.25, 0.3) is 0 Å². The molecule has 0 aromatic carbocycles. The van der Waals surface area contributed by atoms with E-state index in [1.807, 2.05) is 6.07 Å². The molecule has 0 amide bonds. The molecule has 0 spiro atoms. The maximum atomic E-state index is 4.15. The van der Waals surface area contributed by atoms with Gasteiger partial charge in [0.1, 0.15) is 0 Å². The highest BCUT2D eigenvalue weighted by atomic mass is 15.2. The minimum atomic E-state index is 0.627. The van der Waals surface area contributed by atoms with Crippen LogP contribution in [0.25, 0.3) is 0 Å². The van der Waals surface area contributed by atoms with E-state index in [1.165, 1.54) is 25.8 Å². The first-order chi connectivity index (χ1) is 7.36. The van der Waals surface area contributed by atoms with Gasteiger partial charge in [0.05, 0.1) is 0 Å². The molecule has 0 aliphatic carbocycles. The first-order valence-corrected chi connectivity index (χ1v) is 5.57. The number of aromatic nitrogens is 2. The quantitative estimate of drug-likeness (QED) is 0.811. The fourth-order valence-electron chi connectivity index (χ4n) is 2.00. The predicted octanol–water partition coefficient (Wildman–Crippen LogP) is 1.37. The number of likely N-dealkylation sites (N-methyl/N-ethyl adjacent to an activating group) is 1. The number of piperidine rings is 1. The van der Waals surface area contributed by atoms with Crippen molar-refractivity contribution >= 4 is 5.95 Å². The second kappa shape index (κ2) is 5.07. The van der Waals surface area contributed by atoms with Crippen molar-refractivity contribution < 1.29 is 0 Å². The third kappa shape index (κ3) is 2.89. The van der Waals surface area contributed by atoms with Crippen molar-refractivity contribution in [2.24, 2.45) is 0 Å². The van der Waals surface area contributed by atoms with Gasteiger partial charge in [0.15, 0.2) is 0 Å². The number of nitrogens with one attached hydrogen (secondary N) is 1. The summed E-state index contributed by atoms with van der Waals surface area (Å²) in [4.78, 5) is 10.7. The van der Waals surface area contributed by atoms with Gasteiger partial charge in [-0.05, 0) is 32.5 Å². The Hall–Kier alpha value is -1.16. The highest BCUT2D eigenvalue weighted by molar-refractivity contribution is 5.22. The lowest BCUT2D eigenvalue weighted by molar-refractivity contribution is 0.194. The molecule has 1 atom stereocenters. The summed E-state index contributed by atoms with van der Waals surface area (Å²) >= 11 is 0. The molecule has 82 valence electrons. The van der Waals surface area contributed by atoms with Crippen LogP contribution in [0.3, 0.4) is 0 Å². The molecule has 1 fully saturated rings. The summed E-state index contributed by atoms with van der Waals surface area (Å²) in [6.07, 6.45) is 7.47. The van der Waals surface area contributed by atoms with Gasteiger partial charge in [0, 0.05) is 25.0 Å². The maximum absolute atomic E-state index is 4.15. The molecule has 4 nitrogen and oxygen atoms in total. The summed E-state index contributed by atoms with van der Waals surface area (Å²) in [6.45, 7) is 2.16. The van der Waals surface area contributed by atoms with Gasteiger partial charge in [-0.3, -0.25) is 0 Å². The number of rotatable bonds is 3. The van der Waals surface area contributed by atoms with E-state index in [1.54, 1.807) is 12.4 Å². The predicted molar refractivity (Wildman–Crippen MR) is 60.8 cm³/mol. The molecule has 1 aliphatic rings. The average Bonchev–Trinajstić information content (AvgIpc) is 2.29. The van der Waals surface area contributed by atoms with Crippen molar-refractivity contribution in [2.45, 2.75) is 25.3 Å². The summed E-state index contributed by atoms with van der Waals surface area (Å²) in [5, 5.41) is 3.28. The van der Waals surface area contributed by atoms with Crippen LogP contribution >= 0.6 is 0 Å². The zero-order valence-corrected chi connectivity index (χ0v) is 9.19. The molecule has 1 N–H and O–H groups in total. The third-order valence-electron chi connectivity index (χ3n) is 2.98. The molecule has 1 aromatic heterocycles. The monoisotopic (exact) mass is 206 g/mol. The van der Waals surface area contributed by atoms with Crippen molar-refractivity contribution in [1.29, 1.82) is 0 Å². The Morgan fingerprint density at radius 3 is 2.93 bits per heavy atom. The normalized spacial score (nSPS) is 22.6. The zero-order chi connectivity index (χ0) is 10.5. The summed E-state index contributed by atoms with van der Waals surface area (Å²) in [6, 6.07) is 2.46. The van der Waals surface area contributed by atoms with Crippen LogP contribution in [0.5, 0.6) is 0 Å². The largest absolute Gasteiger partial charge is 0.353 e. The molecule has 1 saturated heterocycles. The van der Waals surface area contributed by atoms with E-state index in [0.29, 0.717) is 6.04 Å². The number of hydrogen-bond acceptors (Lipinski definition) is 4. The van der Waals surface area contributed by atoms with E-state index in [9.17, 15) is 0 Å². The van der Waals surface area contributed by atoms with Crippen LogP contribution in [0.1, 0.15) is 19.3 Å². The van der Waals surface area contributed by atoms with Crippen molar-refractivity contribution in [1.82, 2.24) is 14.9 Å². The van der Waals surface area contributed by atoms with Crippen LogP contribution in [-0.4, -0.2) is 41.0 Å². The average molecular weight is 206 g/mol. The van der Waals surface area contributed by atoms with Crippen LogP contribution in [0.2, 0.25) is 0 Å². The molecule has 2 heterocycles. The van der Waals surface area contributed by atoms with Crippen LogP contribution in [0, 0.1) is 0 Å². The lowest BCUT2D eigenvalue weighted by Gasteiger charge is -2.32. The fourth-order valence-corrected chi connectivity index (χ4v) is 2.00. The standard InChI is InChI=1S/C11H18N4/c1-15-8-3-2-5-10(15)9-14-11-12-6-4-7-13-11/h4,6-7,10H,2-3,5,8-9H2,1H3,(H,12,13,14). The smallest absolute Gasteiger partial charge is 0.222 e. The molecule has 15 heavy (non-hydrogen) atoms. The summed E-state index contributed by atoms with van der Waals surface area (Å²) in [7, 11) is 2.19. The zero-order valence-electron chi connectivity index (χ0n) is 9.19. The summed E-state index contributed by atoms with van der Waals surface area (Å²) in [5.41, 5.74) is 0. The first-order valence-electron chi connectivity index (χ1n) is 5.57. The minimum absolute atomic E-state index is 0.627. The Morgan fingerprint density at radius 2 is 2.20 bits per heavy atom. The second-order valence-electron chi connectivity index (χ2n) is 4.08. The molecule has 0 bridgehead atoms. The molecule has 0 radical (unpaired) electrons. The highest BCUT2D eigenvalue weighted by Gasteiger charge is 2.18. The fraction of sp³-hybridized carbons (Fsp3) is 0.636. The number of likely N-dealkylation sites (tertiary alicyclic amines) is 1. The van der Waals surface area contributed by atoms with Gasteiger partial charge in [-0.1, -0.05) is 6.42 Å². The highest BCUT2D eigenvalue weighted by Crippen LogP contribution is 2.14. The van der Waals surface area contributed by atoms with Gasteiger partial charge in [-0.2, -0.15) is 0 Å². The number of hydrogen-bond donors (Lipinski definition) is 1. The number of nitrogens with zero attached hydrogens (tertiary/aromatic N) is 3. The Bertz CT molecular complexity index is 288. The van der Waals surface area contributed by atoms with Crippen molar-refractivity contribution in [3.63, 3.8) is 0 Å². The molecule has 1 aromatic rings. The third-order valence-corrected chi connectivity index (χ3v) is 2.98. The topological polar surface area (TPSA) is 41.0 Å². The second-order valence-corrected chi connectivity index (χ2v) is 4.08. The molecular formula is C11H18N4. The Morgan fingerprint density at radius 1 is 1.40 bits per heavy atom. The first kappa shape index (κ1) is 10.4. The molecular weight excluding hydrogens is 188 g/mol. The van der Waals surface area contributed by atoms with E-state index < -0.39 is 0 Å². The number of anilines is 1. The summed E-state index contributed by atoms with van der Waals surface area (Å²) < 4.78 is 0. The lowest BCUT2D eigenvalue weighted by atomic mass is 10.0. The van der Waals surface area contributed by atoms with Crippen LogP contribution in [0.15, 0.2) is 18.5 Å². The van der Waals surface area contributed by atoms with Crippen LogP contribution < -0.4 is 5.32 Å². The van der Waals surface area contributed by atoms with Crippen molar-refractivity contribution in [3.8, 4) is 0 Å². The Labute approximate surface area is 90.7 Å². The van der Waals surface area contributed by atoms with Gasteiger partial charge in [0.2, 0.25) is 5.95 Å². The molecule has 1 aliphatic heterocycles. The van der Waals surface area contributed by atoms with E-state index in [4.69, 9.17) is 0 Å². The van der Waals surface area contributed by atoms with Crippen LogP contribution in [0.4, 0.5) is 5.95 Å². The molecule has 2 rings (SSSR count). The van der Waals surface area contributed by atoms with Gasteiger partial charge in [-0.25, -0.2) is 9.97 Å². The van der Waals surface area contributed by atoms with Gasteiger partial charge < -0.3 is 10.2 Å².